The zero-order valence-electron chi connectivity index (χ0n) is 15.0. The smallest absolute Gasteiger partial charge is 0.252 e. The molecule has 3 rings (SSSR count). The number of halogens is 1. The van der Waals surface area contributed by atoms with E-state index in [-0.39, 0.29) is 24.0 Å². The zero-order valence-corrected chi connectivity index (χ0v) is 15.0. The van der Waals surface area contributed by atoms with Crippen molar-refractivity contribution in [1.29, 1.82) is 5.26 Å². The van der Waals surface area contributed by atoms with Gasteiger partial charge in [0.15, 0.2) is 5.82 Å². The summed E-state index contributed by atoms with van der Waals surface area (Å²) in [6, 6.07) is 10.3. The molecule has 1 atom stereocenters. The molecule has 0 aliphatic rings. The van der Waals surface area contributed by atoms with Crippen LogP contribution < -0.4 is 10.1 Å². The Labute approximate surface area is 160 Å². The molecule has 1 amide bonds. The van der Waals surface area contributed by atoms with Crippen LogP contribution in [-0.2, 0) is 0 Å². The topological polar surface area (TPSA) is 101 Å². The number of nitrogens with one attached hydrogen (secondary N) is 1. The van der Waals surface area contributed by atoms with Crippen LogP contribution in [0.2, 0.25) is 0 Å². The second-order valence-electron chi connectivity index (χ2n) is 5.94. The molecular weight excluding hydrogens is 361 g/mol. The second-order valence-corrected chi connectivity index (χ2v) is 5.94. The Balaban J connectivity index is 1.68. The largest absolute Gasteiger partial charge is 0.475 e. The highest BCUT2D eigenvalue weighted by Crippen LogP contribution is 2.21. The first kappa shape index (κ1) is 18.9. The molecule has 0 saturated heterocycles. The minimum absolute atomic E-state index is 0.170. The number of amides is 1. The summed E-state index contributed by atoms with van der Waals surface area (Å²) in [5.74, 6) is -0.272. The van der Waals surface area contributed by atoms with Crippen LogP contribution in [0.1, 0.15) is 22.8 Å². The van der Waals surface area contributed by atoms with Crippen LogP contribution in [0.25, 0.3) is 11.4 Å². The molecule has 0 bridgehead atoms. The zero-order chi connectivity index (χ0) is 19.9. The first-order valence-electron chi connectivity index (χ1n) is 8.43. The Morgan fingerprint density at radius 1 is 1.25 bits per heavy atom. The number of nitriles is 1. The Morgan fingerprint density at radius 3 is 2.71 bits per heavy atom. The molecule has 0 saturated carbocycles. The Bertz CT molecular complexity index is 1000. The van der Waals surface area contributed by atoms with Crippen molar-refractivity contribution in [3.05, 3.63) is 71.9 Å². The molecule has 0 aliphatic carbocycles. The molecule has 2 aromatic heterocycles. The highest BCUT2D eigenvalue weighted by Gasteiger charge is 2.17. The van der Waals surface area contributed by atoms with Crippen LogP contribution in [0.4, 0.5) is 4.39 Å². The molecule has 8 heteroatoms. The summed E-state index contributed by atoms with van der Waals surface area (Å²) in [6.07, 6.45) is 4.45. The first-order valence-corrected chi connectivity index (χ1v) is 8.43. The molecular formula is C20H16FN5O2. The summed E-state index contributed by atoms with van der Waals surface area (Å²) in [5, 5.41) is 11.6. The lowest BCUT2D eigenvalue weighted by Crippen LogP contribution is -2.37. The van der Waals surface area contributed by atoms with Crippen molar-refractivity contribution in [2.75, 3.05) is 6.61 Å². The molecule has 140 valence electrons. The lowest BCUT2D eigenvalue weighted by Gasteiger charge is -2.16. The number of aromatic nitrogens is 3. The van der Waals surface area contributed by atoms with E-state index in [0.29, 0.717) is 17.0 Å². The van der Waals surface area contributed by atoms with Crippen LogP contribution >= 0.6 is 0 Å². The number of hydrogen-bond donors (Lipinski definition) is 1. The monoisotopic (exact) mass is 377 g/mol. The summed E-state index contributed by atoms with van der Waals surface area (Å²) in [6.45, 7) is 1.94. The van der Waals surface area contributed by atoms with Gasteiger partial charge in [-0.05, 0) is 37.3 Å². The second kappa shape index (κ2) is 8.68. The average molecular weight is 377 g/mol. The molecule has 28 heavy (non-hydrogen) atoms. The third-order valence-electron chi connectivity index (χ3n) is 3.76. The van der Waals surface area contributed by atoms with E-state index in [4.69, 9.17) is 10.00 Å². The van der Waals surface area contributed by atoms with Gasteiger partial charge >= 0.3 is 0 Å². The standard InChI is InChI=1S/C20H16FN5O2/c1-13(12-28-18-6-3-14(10-22)11-25-18)26-20(27)16-5-4-15(21)9-17(16)19-23-7-2-8-24-19/h2-9,11,13H,12H2,1H3,(H,26,27)/t13-/m0/s1. The number of nitrogens with zero attached hydrogens (tertiary/aromatic N) is 4. The predicted molar refractivity (Wildman–Crippen MR) is 98.8 cm³/mol. The van der Waals surface area contributed by atoms with E-state index in [1.807, 2.05) is 6.07 Å². The van der Waals surface area contributed by atoms with Gasteiger partial charge in [0.1, 0.15) is 18.5 Å². The number of carbonyl (C=O) groups excluding carboxylic acids is 1. The van der Waals surface area contributed by atoms with Gasteiger partial charge in [0.05, 0.1) is 17.2 Å². The predicted octanol–water partition coefficient (Wildman–Crippen LogP) is 2.75. The van der Waals surface area contributed by atoms with Gasteiger partial charge in [-0.25, -0.2) is 19.3 Å². The lowest BCUT2D eigenvalue weighted by atomic mass is 10.1. The molecule has 3 aromatic rings. The molecule has 0 unspecified atom stereocenters. The van der Waals surface area contributed by atoms with Gasteiger partial charge in [0.2, 0.25) is 5.88 Å². The fourth-order valence-electron chi connectivity index (χ4n) is 2.42. The van der Waals surface area contributed by atoms with Crippen molar-refractivity contribution < 1.29 is 13.9 Å². The van der Waals surface area contributed by atoms with Gasteiger partial charge in [-0.2, -0.15) is 5.26 Å². The van der Waals surface area contributed by atoms with Gasteiger partial charge in [-0.15, -0.1) is 0 Å². The maximum atomic E-state index is 13.7. The van der Waals surface area contributed by atoms with Crippen molar-refractivity contribution in [1.82, 2.24) is 20.3 Å². The number of hydrogen-bond acceptors (Lipinski definition) is 6. The molecule has 0 fully saturated rings. The van der Waals surface area contributed by atoms with Crippen LogP contribution in [0.3, 0.4) is 0 Å². The van der Waals surface area contributed by atoms with Crippen LogP contribution in [0.15, 0.2) is 55.0 Å². The Kier molecular flexibility index (Phi) is 5.87. The van der Waals surface area contributed by atoms with Crippen molar-refractivity contribution in [3.63, 3.8) is 0 Å². The van der Waals surface area contributed by atoms with E-state index in [0.717, 1.165) is 0 Å². The third kappa shape index (κ3) is 4.65. The van der Waals surface area contributed by atoms with Gasteiger partial charge in [-0.3, -0.25) is 4.79 Å². The van der Waals surface area contributed by atoms with E-state index >= 15 is 0 Å². The van der Waals surface area contributed by atoms with Gasteiger partial charge in [0, 0.05) is 30.2 Å². The molecule has 0 radical (unpaired) electrons. The van der Waals surface area contributed by atoms with Crippen LogP contribution in [0.5, 0.6) is 5.88 Å². The van der Waals surface area contributed by atoms with Crippen molar-refractivity contribution in [3.8, 4) is 23.3 Å². The normalized spacial score (nSPS) is 11.3. The quantitative estimate of drug-likeness (QED) is 0.709. The number of carbonyl (C=O) groups is 1. The van der Waals surface area contributed by atoms with Gasteiger partial charge in [-0.1, -0.05) is 0 Å². The summed E-state index contributed by atoms with van der Waals surface area (Å²) >= 11 is 0. The molecule has 1 aromatic carbocycles. The van der Waals surface area contributed by atoms with E-state index < -0.39 is 11.7 Å². The van der Waals surface area contributed by atoms with E-state index in [1.54, 1.807) is 25.1 Å². The van der Waals surface area contributed by atoms with Crippen molar-refractivity contribution in [2.24, 2.45) is 0 Å². The highest BCUT2D eigenvalue weighted by atomic mass is 19.1. The molecule has 2 heterocycles. The van der Waals surface area contributed by atoms with E-state index in [9.17, 15) is 9.18 Å². The number of benzene rings is 1. The Morgan fingerprint density at radius 2 is 2.04 bits per heavy atom. The minimum Gasteiger partial charge on any atom is -0.475 e. The number of pyridine rings is 1. The molecule has 0 spiro atoms. The third-order valence-corrected chi connectivity index (χ3v) is 3.76. The summed E-state index contributed by atoms with van der Waals surface area (Å²) < 4.78 is 19.2. The summed E-state index contributed by atoms with van der Waals surface area (Å²) in [5.41, 5.74) is 0.997. The summed E-state index contributed by atoms with van der Waals surface area (Å²) in [7, 11) is 0. The Hall–Kier alpha value is -3.86. The first-order chi connectivity index (χ1) is 13.6. The van der Waals surface area contributed by atoms with E-state index in [1.165, 1.54) is 36.8 Å². The SMILES string of the molecule is C[C@@H](COc1ccc(C#N)cn1)NC(=O)c1ccc(F)cc1-c1ncccn1. The van der Waals surface area contributed by atoms with E-state index in [2.05, 4.69) is 20.3 Å². The fourth-order valence-corrected chi connectivity index (χ4v) is 2.42. The molecule has 1 N–H and O–H groups in total. The van der Waals surface area contributed by atoms with Crippen LogP contribution in [-0.4, -0.2) is 33.5 Å². The van der Waals surface area contributed by atoms with Gasteiger partial charge < -0.3 is 10.1 Å². The number of rotatable bonds is 6. The minimum atomic E-state index is -0.484. The fraction of sp³-hybridized carbons (Fsp3) is 0.150. The van der Waals surface area contributed by atoms with Crippen LogP contribution in [0, 0.1) is 17.1 Å². The maximum absolute atomic E-state index is 13.7. The van der Waals surface area contributed by atoms with Crippen molar-refractivity contribution in [2.45, 2.75) is 13.0 Å². The molecule has 7 nitrogen and oxygen atoms in total. The molecule has 0 aliphatic heterocycles. The maximum Gasteiger partial charge on any atom is 0.252 e. The van der Waals surface area contributed by atoms with Gasteiger partial charge in [0.25, 0.3) is 5.91 Å². The highest BCUT2D eigenvalue weighted by molar-refractivity contribution is 6.00. The average Bonchev–Trinajstić information content (AvgIpc) is 2.73. The van der Waals surface area contributed by atoms with Crippen molar-refractivity contribution >= 4 is 5.91 Å². The summed E-state index contributed by atoms with van der Waals surface area (Å²) in [4.78, 5) is 24.8. The lowest BCUT2D eigenvalue weighted by molar-refractivity contribution is 0.0926. The number of ether oxygens (including phenoxy) is 1.